The van der Waals surface area contributed by atoms with Crippen molar-refractivity contribution >= 4 is 44.1 Å². The van der Waals surface area contributed by atoms with E-state index in [1.807, 2.05) is 38.1 Å². The summed E-state index contributed by atoms with van der Waals surface area (Å²) in [6.07, 6.45) is 0. The minimum absolute atomic E-state index is 0.376. The Morgan fingerprint density at radius 1 is 1.27 bits per heavy atom. The van der Waals surface area contributed by atoms with Gasteiger partial charge in [-0.3, -0.25) is 0 Å². The van der Waals surface area contributed by atoms with Gasteiger partial charge in [-0.15, -0.1) is 10.2 Å². The Labute approximate surface area is 137 Å². The molecule has 0 aliphatic heterocycles. The van der Waals surface area contributed by atoms with Crippen LogP contribution in [-0.2, 0) is 11.3 Å². The molecule has 0 amide bonds. The Kier molecular flexibility index (Phi) is 4.52. The van der Waals surface area contributed by atoms with E-state index in [1.165, 1.54) is 0 Å². The maximum atomic E-state index is 6.11. The highest BCUT2D eigenvalue weighted by atomic mass is 35.5. The SMILES string of the molecule is CCOCc1c(Cl)nnc(Nc2nc3ccccc3s2)c1C. The average Bonchev–Trinajstić information content (AvgIpc) is 2.92. The van der Waals surface area contributed by atoms with Crippen molar-refractivity contribution in [3.63, 3.8) is 0 Å². The van der Waals surface area contributed by atoms with Crippen molar-refractivity contribution in [1.82, 2.24) is 15.2 Å². The van der Waals surface area contributed by atoms with E-state index in [2.05, 4.69) is 20.5 Å². The predicted octanol–water partition coefficient (Wildman–Crippen LogP) is 4.33. The number of fused-ring (bicyclic) bond motifs is 1. The number of hydrogen-bond acceptors (Lipinski definition) is 6. The first-order chi connectivity index (χ1) is 10.7. The van der Waals surface area contributed by atoms with Crippen LogP contribution in [0.3, 0.4) is 0 Å². The van der Waals surface area contributed by atoms with Crippen molar-refractivity contribution in [2.45, 2.75) is 20.5 Å². The third-order valence-corrected chi connectivity index (χ3v) is 4.52. The van der Waals surface area contributed by atoms with Gasteiger partial charge in [-0.1, -0.05) is 35.1 Å². The Balaban J connectivity index is 1.91. The van der Waals surface area contributed by atoms with Gasteiger partial charge in [0.1, 0.15) is 0 Å². The Bertz CT molecular complexity index is 772. The quantitative estimate of drug-likeness (QED) is 0.752. The molecule has 2 heterocycles. The van der Waals surface area contributed by atoms with E-state index < -0.39 is 0 Å². The predicted molar refractivity (Wildman–Crippen MR) is 90.0 cm³/mol. The van der Waals surface area contributed by atoms with Gasteiger partial charge in [0, 0.05) is 17.7 Å². The smallest absolute Gasteiger partial charge is 0.189 e. The third kappa shape index (κ3) is 3.04. The van der Waals surface area contributed by atoms with Crippen LogP contribution in [0, 0.1) is 6.92 Å². The summed E-state index contributed by atoms with van der Waals surface area (Å²) in [6, 6.07) is 7.99. The van der Waals surface area contributed by atoms with E-state index in [9.17, 15) is 0 Å². The van der Waals surface area contributed by atoms with Crippen LogP contribution in [0.5, 0.6) is 0 Å². The fourth-order valence-electron chi connectivity index (χ4n) is 2.04. The van der Waals surface area contributed by atoms with Crippen molar-refractivity contribution in [3.8, 4) is 0 Å². The summed E-state index contributed by atoms with van der Waals surface area (Å²) in [5, 5.41) is 12.5. The number of aromatic nitrogens is 3. The molecule has 0 atom stereocenters. The van der Waals surface area contributed by atoms with Crippen molar-refractivity contribution in [3.05, 3.63) is 40.5 Å². The number of nitrogens with one attached hydrogen (secondary N) is 1. The van der Waals surface area contributed by atoms with Crippen LogP contribution in [0.25, 0.3) is 10.2 Å². The van der Waals surface area contributed by atoms with E-state index in [1.54, 1.807) is 11.3 Å². The first kappa shape index (κ1) is 15.1. The first-order valence-electron chi connectivity index (χ1n) is 6.91. The summed E-state index contributed by atoms with van der Waals surface area (Å²) >= 11 is 7.68. The molecule has 0 saturated carbocycles. The third-order valence-electron chi connectivity index (χ3n) is 3.26. The minimum atomic E-state index is 0.376. The molecule has 7 heteroatoms. The summed E-state index contributed by atoms with van der Waals surface area (Å²) in [4.78, 5) is 4.54. The number of anilines is 2. The lowest BCUT2D eigenvalue weighted by molar-refractivity contribution is 0.133. The highest BCUT2D eigenvalue weighted by Crippen LogP contribution is 2.30. The van der Waals surface area contributed by atoms with Crippen molar-refractivity contribution in [2.24, 2.45) is 0 Å². The Morgan fingerprint density at radius 3 is 2.86 bits per heavy atom. The molecule has 0 radical (unpaired) electrons. The Morgan fingerprint density at radius 2 is 2.09 bits per heavy atom. The molecular weight excluding hydrogens is 320 g/mol. The average molecular weight is 335 g/mol. The molecule has 0 spiro atoms. The lowest BCUT2D eigenvalue weighted by Gasteiger charge is -2.11. The molecule has 22 heavy (non-hydrogen) atoms. The van der Waals surface area contributed by atoms with E-state index in [0.717, 1.165) is 26.5 Å². The molecule has 1 N–H and O–H groups in total. The first-order valence-corrected chi connectivity index (χ1v) is 8.10. The summed E-state index contributed by atoms with van der Waals surface area (Å²) in [6.45, 7) is 4.94. The van der Waals surface area contributed by atoms with Gasteiger partial charge < -0.3 is 10.1 Å². The van der Waals surface area contributed by atoms with Crippen LogP contribution in [0.2, 0.25) is 5.15 Å². The highest BCUT2D eigenvalue weighted by molar-refractivity contribution is 7.22. The van der Waals surface area contributed by atoms with Crippen LogP contribution in [0.4, 0.5) is 10.9 Å². The molecule has 114 valence electrons. The number of ether oxygens (including phenoxy) is 1. The van der Waals surface area contributed by atoms with Crippen LogP contribution in [-0.4, -0.2) is 21.8 Å². The monoisotopic (exact) mass is 334 g/mol. The van der Waals surface area contributed by atoms with Crippen LogP contribution in [0.1, 0.15) is 18.1 Å². The molecule has 0 fully saturated rings. The maximum Gasteiger partial charge on any atom is 0.189 e. The fraction of sp³-hybridized carbons (Fsp3) is 0.267. The number of benzene rings is 1. The van der Waals surface area contributed by atoms with E-state index in [4.69, 9.17) is 16.3 Å². The highest BCUT2D eigenvalue weighted by Gasteiger charge is 2.13. The molecule has 0 saturated heterocycles. The number of nitrogens with zero attached hydrogens (tertiary/aromatic N) is 3. The lowest BCUT2D eigenvalue weighted by atomic mass is 10.2. The second-order valence-corrected chi connectivity index (χ2v) is 6.08. The van der Waals surface area contributed by atoms with Crippen LogP contribution >= 0.6 is 22.9 Å². The van der Waals surface area contributed by atoms with Gasteiger partial charge in [-0.25, -0.2) is 4.98 Å². The van der Waals surface area contributed by atoms with Gasteiger partial charge >= 0.3 is 0 Å². The summed E-state index contributed by atoms with van der Waals surface area (Å²) < 4.78 is 6.57. The van der Waals surface area contributed by atoms with Gasteiger partial charge in [0.2, 0.25) is 0 Å². The van der Waals surface area contributed by atoms with Gasteiger partial charge in [0.05, 0.1) is 16.8 Å². The summed E-state index contributed by atoms with van der Waals surface area (Å²) in [5.74, 6) is 0.651. The van der Waals surface area contributed by atoms with Crippen LogP contribution < -0.4 is 5.32 Å². The zero-order chi connectivity index (χ0) is 15.5. The fourth-order valence-corrected chi connectivity index (χ4v) is 3.14. The van der Waals surface area contributed by atoms with E-state index in [-0.39, 0.29) is 0 Å². The summed E-state index contributed by atoms with van der Waals surface area (Å²) in [5.41, 5.74) is 2.74. The van der Waals surface area contributed by atoms with Crippen molar-refractivity contribution < 1.29 is 4.74 Å². The second-order valence-electron chi connectivity index (χ2n) is 4.69. The van der Waals surface area contributed by atoms with Crippen LogP contribution in [0.15, 0.2) is 24.3 Å². The molecule has 3 aromatic rings. The van der Waals surface area contributed by atoms with Gasteiger partial charge in [-0.05, 0) is 26.0 Å². The summed E-state index contributed by atoms with van der Waals surface area (Å²) in [7, 11) is 0. The topological polar surface area (TPSA) is 59.9 Å². The standard InChI is InChI=1S/C15H15ClN4OS/c1-3-21-8-10-9(2)14(20-19-13(10)16)18-15-17-11-6-4-5-7-12(11)22-15/h4-7H,3,8H2,1-2H3,(H,17,18,20). The van der Waals surface area contributed by atoms with Gasteiger partial charge in [0.15, 0.2) is 16.1 Å². The normalized spacial score (nSPS) is 11.0. The van der Waals surface area contributed by atoms with Gasteiger partial charge in [-0.2, -0.15) is 0 Å². The zero-order valence-corrected chi connectivity index (χ0v) is 13.8. The number of hydrogen-bond donors (Lipinski definition) is 1. The largest absolute Gasteiger partial charge is 0.377 e. The molecule has 0 aliphatic carbocycles. The number of thiazole rings is 1. The Hall–Kier alpha value is -1.76. The van der Waals surface area contributed by atoms with Crippen molar-refractivity contribution in [2.75, 3.05) is 11.9 Å². The lowest BCUT2D eigenvalue weighted by Crippen LogP contribution is -2.05. The minimum Gasteiger partial charge on any atom is -0.377 e. The molecular formula is C15H15ClN4OS. The molecule has 1 aromatic carbocycles. The van der Waals surface area contributed by atoms with E-state index >= 15 is 0 Å². The molecule has 0 bridgehead atoms. The van der Waals surface area contributed by atoms with E-state index in [0.29, 0.717) is 24.2 Å². The molecule has 0 unspecified atom stereocenters. The molecule has 0 aliphatic rings. The number of rotatable bonds is 5. The molecule has 5 nitrogen and oxygen atoms in total. The van der Waals surface area contributed by atoms with Gasteiger partial charge in [0.25, 0.3) is 0 Å². The molecule has 2 aromatic heterocycles. The van der Waals surface area contributed by atoms with Crippen molar-refractivity contribution in [1.29, 1.82) is 0 Å². The second kappa shape index (κ2) is 6.56. The zero-order valence-electron chi connectivity index (χ0n) is 12.3. The number of para-hydroxylation sites is 1. The maximum absolute atomic E-state index is 6.11. The number of halogens is 1. The molecule has 3 rings (SSSR count).